The van der Waals surface area contributed by atoms with Crippen LogP contribution in [0.5, 0.6) is 5.75 Å². The summed E-state index contributed by atoms with van der Waals surface area (Å²) in [5.74, 6) is 1.47. The van der Waals surface area contributed by atoms with Crippen LogP contribution in [-0.4, -0.2) is 89.4 Å². The molecule has 2 aliphatic heterocycles. The van der Waals surface area contributed by atoms with Crippen molar-refractivity contribution in [2.75, 3.05) is 64.4 Å². The van der Waals surface area contributed by atoms with Crippen LogP contribution in [0.15, 0.2) is 40.8 Å². The van der Waals surface area contributed by atoms with E-state index in [1.807, 2.05) is 6.07 Å². The van der Waals surface area contributed by atoms with Crippen molar-refractivity contribution in [1.29, 1.82) is 0 Å². The van der Waals surface area contributed by atoms with Crippen molar-refractivity contribution in [1.82, 2.24) is 24.8 Å². The van der Waals surface area contributed by atoms with E-state index < -0.39 is 0 Å². The highest BCUT2D eigenvalue weighted by Gasteiger charge is 2.23. The van der Waals surface area contributed by atoms with E-state index in [0.717, 1.165) is 73.8 Å². The normalized spacial score (nSPS) is 18.2. The topological polar surface area (TPSA) is 91.0 Å². The van der Waals surface area contributed by atoms with Gasteiger partial charge in [-0.05, 0) is 31.3 Å². The van der Waals surface area contributed by atoms with Crippen LogP contribution in [0.4, 0.5) is 5.82 Å². The lowest BCUT2D eigenvalue weighted by Crippen LogP contribution is -2.43. The van der Waals surface area contributed by atoms with Crippen LogP contribution in [0.25, 0.3) is 33.6 Å². The highest BCUT2D eigenvalue weighted by molar-refractivity contribution is 6.05. The Morgan fingerprint density at radius 2 is 1.76 bits per heavy atom. The molecule has 9 nitrogen and oxygen atoms in total. The van der Waals surface area contributed by atoms with Gasteiger partial charge in [-0.2, -0.15) is 0 Å². The first-order chi connectivity index (χ1) is 16.6. The smallest absolute Gasteiger partial charge is 0.229 e. The van der Waals surface area contributed by atoms with E-state index in [1.165, 1.54) is 0 Å². The number of likely N-dealkylation sites (N-methyl/N-ethyl adjacent to an activating group) is 1. The van der Waals surface area contributed by atoms with Crippen LogP contribution >= 0.6 is 0 Å². The average Bonchev–Trinajstić information content (AvgIpc) is 3.23. The van der Waals surface area contributed by atoms with Crippen molar-refractivity contribution in [2.45, 2.75) is 6.54 Å². The zero-order valence-corrected chi connectivity index (χ0v) is 19.3. The van der Waals surface area contributed by atoms with Gasteiger partial charge in [0.15, 0.2) is 17.2 Å². The Labute approximate surface area is 197 Å². The average molecular weight is 461 g/mol. The monoisotopic (exact) mass is 460 g/mol. The summed E-state index contributed by atoms with van der Waals surface area (Å²) < 4.78 is 11.9. The van der Waals surface area contributed by atoms with Crippen molar-refractivity contribution in [3.8, 4) is 17.1 Å². The van der Waals surface area contributed by atoms with E-state index in [1.54, 1.807) is 18.2 Å². The number of aromatic nitrogens is 3. The van der Waals surface area contributed by atoms with Crippen molar-refractivity contribution in [3.05, 3.63) is 42.1 Å². The van der Waals surface area contributed by atoms with E-state index in [2.05, 4.69) is 33.9 Å². The standard InChI is InChI=1S/C25H28N6O3/c1-29-7-9-30(10-8-29)16-18-5-6-20-21-22(34-25(20)26-18)24(31-11-13-33-14-12-31)28-23(27-21)17-3-2-4-19(32)15-17/h2-6,15,32H,7-14,16H2,1H3. The molecule has 0 saturated carbocycles. The molecule has 176 valence electrons. The number of aromatic hydroxyl groups is 1. The molecule has 4 aromatic rings. The molecule has 2 aliphatic rings. The van der Waals surface area contributed by atoms with Crippen molar-refractivity contribution >= 4 is 28.0 Å². The van der Waals surface area contributed by atoms with E-state index >= 15 is 0 Å². The van der Waals surface area contributed by atoms with Gasteiger partial charge in [0.2, 0.25) is 5.71 Å². The van der Waals surface area contributed by atoms with Crippen LogP contribution in [0, 0.1) is 0 Å². The summed E-state index contributed by atoms with van der Waals surface area (Å²) in [6, 6.07) is 11.1. The molecule has 3 aromatic heterocycles. The zero-order valence-electron chi connectivity index (χ0n) is 19.3. The third-order valence-electron chi connectivity index (χ3n) is 6.62. The van der Waals surface area contributed by atoms with Gasteiger partial charge in [0.05, 0.1) is 24.3 Å². The molecule has 1 N–H and O–H groups in total. The summed E-state index contributed by atoms with van der Waals surface area (Å²) in [6.45, 7) is 7.76. The Balaban J connectivity index is 1.44. The molecule has 5 heterocycles. The number of ether oxygens (including phenoxy) is 1. The Morgan fingerprint density at radius 3 is 2.56 bits per heavy atom. The van der Waals surface area contributed by atoms with Crippen LogP contribution < -0.4 is 4.90 Å². The number of morpholine rings is 1. The zero-order chi connectivity index (χ0) is 23.1. The summed E-state index contributed by atoms with van der Waals surface area (Å²) >= 11 is 0. The number of phenols is 1. The summed E-state index contributed by atoms with van der Waals surface area (Å²) in [7, 11) is 2.16. The Morgan fingerprint density at radius 1 is 0.941 bits per heavy atom. The Bertz CT molecular complexity index is 1330. The van der Waals surface area contributed by atoms with E-state index in [0.29, 0.717) is 30.3 Å². The van der Waals surface area contributed by atoms with Gasteiger partial charge >= 0.3 is 0 Å². The third-order valence-corrected chi connectivity index (χ3v) is 6.62. The fraction of sp³-hybridized carbons (Fsp3) is 0.400. The second kappa shape index (κ2) is 8.83. The first-order valence-electron chi connectivity index (χ1n) is 11.8. The van der Waals surface area contributed by atoms with Crippen LogP contribution in [-0.2, 0) is 11.3 Å². The molecule has 2 saturated heterocycles. The van der Waals surface area contributed by atoms with E-state index in [-0.39, 0.29) is 5.75 Å². The SMILES string of the molecule is CN1CCN(Cc2ccc3c(n2)oc2c(N4CCOCC4)nc(-c4cccc(O)c4)nc23)CC1. The number of rotatable bonds is 4. The minimum Gasteiger partial charge on any atom is -0.508 e. The molecule has 1 aromatic carbocycles. The predicted molar refractivity (Wildman–Crippen MR) is 130 cm³/mol. The van der Waals surface area contributed by atoms with Crippen LogP contribution in [0.3, 0.4) is 0 Å². The van der Waals surface area contributed by atoms with Crippen molar-refractivity contribution in [3.63, 3.8) is 0 Å². The summed E-state index contributed by atoms with van der Waals surface area (Å²) in [5.41, 5.74) is 3.71. The first kappa shape index (κ1) is 21.3. The van der Waals surface area contributed by atoms with Gasteiger partial charge in [0, 0.05) is 51.4 Å². The molecule has 0 unspecified atom stereocenters. The number of pyridine rings is 1. The van der Waals surface area contributed by atoms with Gasteiger partial charge in [-0.15, -0.1) is 0 Å². The molecule has 0 spiro atoms. The molecule has 0 bridgehead atoms. The largest absolute Gasteiger partial charge is 0.508 e. The number of phenolic OH excluding ortho intramolecular Hbond substituents is 1. The Hall–Kier alpha value is -3.27. The maximum absolute atomic E-state index is 10.00. The van der Waals surface area contributed by atoms with E-state index in [4.69, 9.17) is 24.1 Å². The molecule has 0 atom stereocenters. The molecule has 0 aliphatic carbocycles. The van der Waals surface area contributed by atoms with Crippen LogP contribution in [0.2, 0.25) is 0 Å². The molecule has 6 rings (SSSR count). The van der Waals surface area contributed by atoms with Gasteiger partial charge in [0.25, 0.3) is 0 Å². The van der Waals surface area contributed by atoms with Gasteiger partial charge in [-0.1, -0.05) is 12.1 Å². The number of hydrogen-bond donors (Lipinski definition) is 1. The number of anilines is 1. The number of fused-ring (bicyclic) bond motifs is 3. The van der Waals surface area contributed by atoms with Crippen molar-refractivity contribution < 1.29 is 14.3 Å². The summed E-state index contributed by atoms with van der Waals surface area (Å²) in [5, 5.41) is 10.9. The minimum atomic E-state index is 0.182. The number of furan rings is 1. The van der Waals surface area contributed by atoms with Gasteiger partial charge < -0.3 is 24.1 Å². The minimum absolute atomic E-state index is 0.182. The number of piperazine rings is 1. The molecule has 0 amide bonds. The summed E-state index contributed by atoms with van der Waals surface area (Å²) in [6.07, 6.45) is 0. The van der Waals surface area contributed by atoms with Gasteiger partial charge in [-0.25, -0.2) is 15.0 Å². The molecule has 9 heteroatoms. The van der Waals surface area contributed by atoms with Gasteiger partial charge in [0.1, 0.15) is 11.3 Å². The number of nitrogens with zero attached hydrogens (tertiary/aromatic N) is 6. The highest BCUT2D eigenvalue weighted by atomic mass is 16.5. The lowest BCUT2D eigenvalue weighted by atomic mass is 10.2. The second-order valence-corrected chi connectivity index (χ2v) is 9.04. The molecule has 0 radical (unpaired) electrons. The molecular weight excluding hydrogens is 432 g/mol. The quantitative estimate of drug-likeness (QED) is 0.494. The number of benzene rings is 1. The molecule has 2 fully saturated rings. The van der Waals surface area contributed by atoms with Gasteiger partial charge in [-0.3, -0.25) is 4.90 Å². The predicted octanol–water partition coefficient (Wildman–Crippen LogP) is 2.73. The lowest BCUT2D eigenvalue weighted by molar-refractivity contribution is 0.122. The molecular formula is C25H28N6O3. The highest BCUT2D eigenvalue weighted by Crippen LogP contribution is 2.35. The van der Waals surface area contributed by atoms with Crippen molar-refractivity contribution in [2.24, 2.45) is 0 Å². The fourth-order valence-corrected chi connectivity index (χ4v) is 4.64. The summed E-state index contributed by atoms with van der Waals surface area (Å²) in [4.78, 5) is 21.5. The Kier molecular flexibility index (Phi) is 5.52. The number of hydrogen-bond acceptors (Lipinski definition) is 9. The van der Waals surface area contributed by atoms with Crippen LogP contribution in [0.1, 0.15) is 5.69 Å². The maximum atomic E-state index is 10.00. The first-order valence-corrected chi connectivity index (χ1v) is 11.8. The third kappa shape index (κ3) is 4.06. The fourth-order valence-electron chi connectivity index (χ4n) is 4.64. The van der Waals surface area contributed by atoms with E-state index in [9.17, 15) is 5.11 Å². The maximum Gasteiger partial charge on any atom is 0.229 e. The lowest BCUT2D eigenvalue weighted by Gasteiger charge is -2.31. The molecule has 34 heavy (non-hydrogen) atoms. The second-order valence-electron chi connectivity index (χ2n) is 9.04.